The molecule has 2 aromatic carbocycles. The lowest BCUT2D eigenvalue weighted by atomic mass is 10.2. The van der Waals surface area contributed by atoms with Gasteiger partial charge in [-0.15, -0.1) is 0 Å². The number of para-hydroxylation sites is 1. The van der Waals surface area contributed by atoms with Crippen LogP contribution in [-0.2, 0) is 0 Å². The highest BCUT2D eigenvalue weighted by molar-refractivity contribution is 5.82. The molecule has 0 spiro atoms. The van der Waals surface area contributed by atoms with Crippen LogP contribution in [0.3, 0.4) is 0 Å². The van der Waals surface area contributed by atoms with Crippen LogP contribution in [0, 0.1) is 0 Å². The molecule has 1 N–H and O–H groups in total. The van der Waals surface area contributed by atoms with E-state index in [9.17, 15) is 0 Å². The second-order valence-corrected chi connectivity index (χ2v) is 5.25. The minimum Gasteiger partial charge on any atom is -0.378 e. The largest absolute Gasteiger partial charge is 0.378 e. The quantitative estimate of drug-likeness (QED) is 0.587. The second kappa shape index (κ2) is 6.26. The predicted octanol–water partition coefficient (Wildman–Crippen LogP) is 3.75. The molecule has 0 aliphatic carbocycles. The Balaban J connectivity index is 1.70. The Bertz CT molecular complexity index is 792. The summed E-state index contributed by atoms with van der Waals surface area (Å²) in [4.78, 5) is 6.58. The highest BCUT2D eigenvalue weighted by Crippen LogP contribution is 2.14. The van der Waals surface area contributed by atoms with E-state index in [0.29, 0.717) is 0 Å². The Morgan fingerprint density at radius 1 is 0.955 bits per heavy atom. The first kappa shape index (κ1) is 14.1. The zero-order valence-electron chi connectivity index (χ0n) is 12.7. The fraction of sp³-hybridized carbons (Fsp3) is 0.111. The molecule has 0 aliphatic heterocycles. The number of hydrazone groups is 1. The van der Waals surface area contributed by atoms with Gasteiger partial charge in [0.25, 0.3) is 0 Å². The number of rotatable bonds is 4. The maximum atomic E-state index is 4.51. The normalized spacial score (nSPS) is 11.0. The zero-order chi connectivity index (χ0) is 15.4. The molecule has 4 heteroatoms. The molecular weight excluding hydrogens is 272 g/mol. The third-order valence-electron chi connectivity index (χ3n) is 3.40. The van der Waals surface area contributed by atoms with E-state index in [1.807, 2.05) is 62.6 Å². The first-order valence-electron chi connectivity index (χ1n) is 7.15. The average Bonchev–Trinajstić information content (AvgIpc) is 2.55. The molecule has 0 bridgehead atoms. The van der Waals surface area contributed by atoms with Gasteiger partial charge in [0.1, 0.15) is 5.82 Å². The Labute approximate surface area is 130 Å². The Hall–Kier alpha value is -2.88. The van der Waals surface area contributed by atoms with Crippen molar-refractivity contribution in [2.45, 2.75) is 0 Å². The lowest BCUT2D eigenvalue weighted by molar-refractivity contribution is 1.13. The van der Waals surface area contributed by atoms with E-state index in [4.69, 9.17) is 0 Å². The van der Waals surface area contributed by atoms with Gasteiger partial charge in [0, 0.05) is 25.2 Å². The van der Waals surface area contributed by atoms with Crippen LogP contribution in [0.4, 0.5) is 11.5 Å². The third-order valence-corrected chi connectivity index (χ3v) is 3.40. The number of hydrogen-bond acceptors (Lipinski definition) is 4. The van der Waals surface area contributed by atoms with Gasteiger partial charge in [0.05, 0.1) is 11.7 Å². The van der Waals surface area contributed by atoms with Crippen LogP contribution in [0.1, 0.15) is 5.56 Å². The van der Waals surface area contributed by atoms with Crippen molar-refractivity contribution in [3.63, 3.8) is 0 Å². The van der Waals surface area contributed by atoms with Crippen molar-refractivity contribution in [2.24, 2.45) is 5.10 Å². The van der Waals surface area contributed by atoms with E-state index in [1.165, 1.54) is 5.69 Å². The van der Waals surface area contributed by atoms with Gasteiger partial charge >= 0.3 is 0 Å². The molecule has 3 aromatic rings. The molecule has 0 unspecified atom stereocenters. The van der Waals surface area contributed by atoms with E-state index in [-0.39, 0.29) is 0 Å². The first-order chi connectivity index (χ1) is 10.7. The molecule has 3 rings (SSSR count). The number of benzene rings is 2. The summed E-state index contributed by atoms with van der Waals surface area (Å²) < 4.78 is 0. The number of hydrogen-bond donors (Lipinski definition) is 1. The fourth-order valence-electron chi connectivity index (χ4n) is 2.16. The summed E-state index contributed by atoms with van der Waals surface area (Å²) in [6, 6.07) is 20.2. The summed E-state index contributed by atoms with van der Waals surface area (Å²) in [6.45, 7) is 0. The average molecular weight is 290 g/mol. The number of nitrogens with zero attached hydrogens (tertiary/aromatic N) is 3. The number of pyridine rings is 1. The SMILES string of the molecule is CN(C)c1ccc(/C=N\Nc2ccc3ccccc3n2)cc1. The summed E-state index contributed by atoms with van der Waals surface area (Å²) in [6.07, 6.45) is 1.79. The van der Waals surface area contributed by atoms with Crippen LogP contribution in [-0.4, -0.2) is 25.3 Å². The van der Waals surface area contributed by atoms with Crippen molar-refractivity contribution in [3.8, 4) is 0 Å². The topological polar surface area (TPSA) is 40.5 Å². The molecule has 1 aromatic heterocycles. The zero-order valence-corrected chi connectivity index (χ0v) is 12.7. The van der Waals surface area contributed by atoms with Gasteiger partial charge in [0.15, 0.2) is 0 Å². The molecule has 0 aliphatic rings. The van der Waals surface area contributed by atoms with Crippen LogP contribution in [0.5, 0.6) is 0 Å². The Morgan fingerprint density at radius 3 is 2.50 bits per heavy atom. The molecule has 0 atom stereocenters. The van der Waals surface area contributed by atoms with Crippen molar-refractivity contribution in [1.29, 1.82) is 0 Å². The van der Waals surface area contributed by atoms with Crippen molar-refractivity contribution in [2.75, 3.05) is 24.4 Å². The smallest absolute Gasteiger partial charge is 0.146 e. The minimum absolute atomic E-state index is 0.736. The number of nitrogens with one attached hydrogen (secondary N) is 1. The van der Waals surface area contributed by atoms with Crippen molar-refractivity contribution in [3.05, 3.63) is 66.2 Å². The van der Waals surface area contributed by atoms with Gasteiger partial charge < -0.3 is 4.90 Å². The van der Waals surface area contributed by atoms with Crippen LogP contribution < -0.4 is 10.3 Å². The Kier molecular flexibility index (Phi) is 4.01. The van der Waals surface area contributed by atoms with Crippen molar-refractivity contribution in [1.82, 2.24) is 4.98 Å². The van der Waals surface area contributed by atoms with E-state index >= 15 is 0 Å². The molecular formula is C18H18N4. The summed E-state index contributed by atoms with van der Waals surface area (Å²) in [5.74, 6) is 0.736. The van der Waals surface area contributed by atoms with Gasteiger partial charge in [-0.3, -0.25) is 5.43 Å². The van der Waals surface area contributed by atoms with Crippen LogP contribution in [0.15, 0.2) is 65.8 Å². The van der Waals surface area contributed by atoms with Gasteiger partial charge in [-0.1, -0.05) is 30.3 Å². The number of anilines is 2. The highest BCUT2D eigenvalue weighted by atomic mass is 15.3. The van der Waals surface area contributed by atoms with Gasteiger partial charge in [-0.25, -0.2) is 4.98 Å². The van der Waals surface area contributed by atoms with E-state index in [0.717, 1.165) is 22.3 Å². The lowest BCUT2D eigenvalue weighted by Crippen LogP contribution is -2.08. The van der Waals surface area contributed by atoms with Gasteiger partial charge in [-0.05, 0) is 35.9 Å². The summed E-state index contributed by atoms with van der Waals surface area (Å²) in [5.41, 5.74) is 6.14. The first-order valence-corrected chi connectivity index (χ1v) is 7.15. The van der Waals surface area contributed by atoms with Crippen molar-refractivity contribution < 1.29 is 0 Å². The third kappa shape index (κ3) is 3.23. The monoisotopic (exact) mass is 290 g/mol. The van der Waals surface area contributed by atoms with Gasteiger partial charge in [0.2, 0.25) is 0 Å². The van der Waals surface area contributed by atoms with Gasteiger partial charge in [-0.2, -0.15) is 5.10 Å². The predicted molar refractivity (Wildman–Crippen MR) is 93.7 cm³/mol. The molecule has 4 nitrogen and oxygen atoms in total. The molecule has 0 saturated carbocycles. The molecule has 22 heavy (non-hydrogen) atoms. The lowest BCUT2D eigenvalue weighted by Gasteiger charge is -2.11. The Morgan fingerprint density at radius 2 is 1.73 bits per heavy atom. The standard InChI is InChI=1S/C18H18N4/c1-22(2)16-10-7-14(8-11-16)13-19-21-18-12-9-15-5-3-4-6-17(15)20-18/h3-13H,1-2H3,(H,20,21)/b19-13-. The summed E-state index contributed by atoms with van der Waals surface area (Å²) >= 11 is 0. The molecule has 1 heterocycles. The van der Waals surface area contributed by atoms with Crippen LogP contribution in [0.2, 0.25) is 0 Å². The van der Waals surface area contributed by atoms with Crippen LogP contribution >= 0.6 is 0 Å². The van der Waals surface area contributed by atoms with E-state index < -0.39 is 0 Å². The number of fused-ring (bicyclic) bond motifs is 1. The van der Waals surface area contributed by atoms with Crippen molar-refractivity contribution >= 4 is 28.6 Å². The molecule has 0 fully saturated rings. The van der Waals surface area contributed by atoms with E-state index in [2.05, 4.69) is 32.5 Å². The summed E-state index contributed by atoms with van der Waals surface area (Å²) in [5, 5.41) is 5.36. The molecule has 0 amide bonds. The van der Waals surface area contributed by atoms with E-state index in [1.54, 1.807) is 6.21 Å². The summed E-state index contributed by atoms with van der Waals surface area (Å²) in [7, 11) is 4.05. The fourth-order valence-corrected chi connectivity index (χ4v) is 2.16. The maximum absolute atomic E-state index is 4.51. The minimum atomic E-state index is 0.736. The maximum Gasteiger partial charge on any atom is 0.146 e. The van der Waals surface area contributed by atoms with Crippen LogP contribution in [0.25, 0.3) is 10.9 Å². The highest BCUT2D eigenvalue weighted by Gasteiger charge is 1.96. The second-order valence-electron chi connectivity index (χ2n) is 5.25. The molecule has 0 radical (unpaired) electrons. The molecule has 0 saturated heterocycles. The number of aromatic nitrogens is 1. The molecule has 110 valence electrons.